The molecule has 2 fully saturated rings. The van der Waals surface area contributed by atoms with Crippen molar-refractivity contribution in [3.05, 3.63) is 42.5 Å². The molecule has 1 heterocycles. The van der Waals surface area contributed by atoms with Crippen LogP contribution in [0.1, 0.15) is 44.6 Å². The van der Waals surface area contributed by atoms with Gasteiger partial charge in [0.15, 0.2) is 0 Å². The zero-order valence-electron chi connectivity index (χ0n) is 18.1. The summed E-state index contributed by atoms with van der Waals surface area (Å²) in [5.74, 6) is 0.383. The number of hydrogen-bond donors (Lipinski definition) is 2. The summed E-state index contributed by atoms with van der Waals surface area (Å²) < 4.78 is 60.2. The van der Waals surface area contributed by atoms with E-state index in [0.29, 0.717) is 30.0 Å². The van der Waals surface area contributed by atoms with Gasteiger partial charge in [-0.1, -0.05) is 18.6 Å². The number of hydrogen-bond acceptors (Lipinski definition) is 4. The number of ether oxygens (including phenoxy) is 1. The van der Waals surface area contributed by atoms with Gasteiger partial charge in [0, 0.05) is 28.7 Å². The van der Waals surface area contributed by atoms with Crippen molar-refractivity contribution >= 4 is 32.3 Å². The first-order valence-electron chi connectivity index (χ1n) is 11.3. The summed E-state index contributed by atoms with van der Waals surface area (Å²) in [5.41, 5.74) is 10.3. The van der Waals surface area contributed by atoms with Crippen LogP contribution in [0.15, 0.2) is 42.5 Å². The number of aromatic nitrogens is 1. The first-order chi connectivity index (χ1) is 15.8. The molecular weight excluding hydrogens is 448 g/mol. The van der Waals surface area contributed by atoms with Crippen LogP contribution in [-0.2, 0) is 10.0 Å². The molecule has 0 unspecified atom stereocenters. The average Bonchev–Trinajstić information content (AvgIpc) is 2.96. The van der Waals surface area contributed by atoms with E-state index in [9.17, 15) is 17.2 Å². The second kappa shape index (κ2) is 8.52. The number of nitrogens with two attached hydrogens (primary N) is 1. The largest absolute Gasteiger partial charge is 0.488 e. The van der Waals surface area contributed by atoms with Gasteiger partial charge < -0.3 is 15.0 Å². The minimum Gasteiger partial charge on any atom is -0.488 e. The van der Waals surface area contributed by atoms with E-state index >= 15 is 0 Å². The molecule has 9 heteroatoms. The summed E-state index contributed by atoms with van der Waals surface area (Å²) in [4.78, 5) is 0. The van der Waals surface area contributed by atoms with Crippen molar-refractivity contribution in [1.29, 1.82) is 0 Å². The molecule has 0 amide bonds. The number of sulfonamides is 1. The van der Waals surface area contributed by atoms with E-state index in [1.54, 1.807) is 24.3 Å². The van der Waals surface area contributed by atoms with Gasteiger partial charge in [-0.25, -0.2) is 17.2 Å². The van der Waals surface area contributed by atoms with E-state index in [-0.39, 0.29) is 11.3 Å². The first kappa shape index (κ1) is 22.0. The Balaban J connectivity index is 1.51. The monoisotopic (exact) mass is 475 g/mol. The fourth-order valence-corrected chi connectivity index (χ4v) is 6.09. The van der Waals surface area contributed by atoms with Gasteiger partial charge in [0.1, 0.15) is 12.4 Å². The SMILES string of the molecule is Nc1c(-c2ccc(NS(=O)(=O)C3CCC3)cc2)n(C2CCC2)c2cc(OCC(F)F)ccc12. The number of fused-ring (bicyclic) bond motifs is 1. The standard InChI is InChI=1S/C24H27F2N3O3S/c25-22(26)14-32-18-11-12-20-21(13-18)29(17-3-1-4-17)24(23(20)27)15-7-9-16(10-8-15)28-33(30,31)19-5-2-6-19/h7-13,17,19,22,28H,1-6,14,27H2. The quantitative estimate of drug-likeness (QED) is 0.447. The van der Waals surface area contributed by atoms with Crippen LogP contribution in [0.3, 0.4) is 0 Å². The third kappa shape index (κ3) is 4.14. The molecular formula is C24H27F2N3O3S. The Hall–Kier alpha value is -2.81. The number of alkyl halides is 2. The van der Waals surface area contributed by atoms with Gasteiger partial charge in [0.05, 0.1) is 22.1 Å². The number of rotatable bonds is 8. The van der Waals surface area contributed by atoms with Gasteiger partial charge in [0.2, 0.25) is 10.0 Å². The maximum absolute atomic E-state index is 12.6. The Labute approximate surface area is 191 Å². The van der Waals surface area contributed by atoms with Gasteiger partial charge in [-0.05, 0) is 56.4 Å². The summed E-state index contributed by atoms with van der Waals surface area (Å²) in [6.45, 7) is -0.657. The van der Waals surface area contributed by atoms with E-state index < -0.39 is 23.1 Å². The zero-order chi connectivity index (χ0) is 23.2. The van der Waals surface area contributed by atoms with E-state index in [2.05, 4.69) is 9.29 Å². The van der Waals surface area contributed by atoms with Gasteiger partial charge in [-0.15, -0.1) is 0 Å². The topological polar surface area (TPSA) is 86.4 Å². The minimum atomic E-state index is -3.36. The van der Waals surface area contributed by atoms with Crippen molar-refractivity contribution in [2.75, 3.05) is 17.1 Å². The van der Waals surface area contributed by atoms with Crippen molar-refractivity contribution < 1.29 is 21.9 Å². The fraction of sp³-hybridized carbons (Fsp3) is 0.417. The third-order valence-corrected chi connectivity index (χ3v) is 8.61. The highest BCUT2D eigenvalue weighted by Crippen LogP contribution is 2.45. The molecule has 5 rings (SSSR count). The summed E-state index contributed by atoms with van der Waals surface area (Å²) in [7, 11) is -3.36. The van der Waals surface area contributed by atoms with Crippen molar-refractivity contribution in [3.8, 4) is 17.0 Å². The van der Waals surface area contributed by atoms with Gasteiger partial charge in [-0.2, -0.15) is 0 Å². The molecule has 176 valence electrons. The summed E-state index contributed by atoms with van der Waals surface area (Å²) >= 11 is 0. The number of benzene rings is 2. The molecule has 0 radical (unpaired) electrons. The fourth-order valence-electron chi connectivity index (χ4n) is 4.51. The number of anilines is 2. The highest BCUT2D eigenvalue weighted by atomic mass is 32.2. The van der Waals surface area contributed by atoms with Crippen molar-refractivity contribution in [1.82, 2.24) is 4.57 Å². The Morgan fingerprint density at radius 2 is 1.76 bits per heavy atom. The second-order valence-corrected chi connectivity index (χ2v) is 10.8. The van der Waals surface area contributed by atoms with Crippen LogP contribution in [0.2, 0.25) is 0 Å². The maximum atomic E-state index is 12.6. The van der Waals surface area contributed by atoms with Gasteiger partial charge >= 0.3 is 0 Å². The van der Waals surface area contributed by atoms with Gasteiger partial charge in [-0.3, -0.25) is 4.72 Å². The van der Waals surface area contributed by atoms with Crippen LogP contribution in [0.25, 0.3) is 22.2 Å². The third-order valence-electron chi connectivity index (χ3n) is 6.74. The van der Waals surface area contributed by atoms with E-state index in [0.717, 1.165) is 47.8 Å². The molecule has 2 aliphatic carbocycles. The number of nitrogen functional groups attached to an aromatic ring is 1. The predicted octanol–water partition coefficient (Wildman–Crippen LogP) is 5.55. The van der Waals surface area contributed by atoms with Crippen LogP contribution in [0, 0.1) is 0 Å². The molecule has 0 saturated heterocycles. The van der Waals surface area contributed by atoms with Crippen LogP contribution in [0.5, 0.6) is 5.75 Å². The molecule has 0 aliphatic heterocycles. The lowest BCUT2D eigenvalue weighted by molar-refractivity contribution is 0.0819. The lowest BCUT2D eigenvalue weighted by Gasteiger charge is -2.30. The van der Waals surface area contributed by atoms with Crippen LogP contribution in [0.4, 0.5) is 20.2 Å². The van der Waals surface area contributed by atoms with E-state index in [1.807, 2.05) is 18.2 Å². The van der Waals surface area contributed by atoms with Crippen LogP contribution in [-0.4, -0.2) is 31.3 Å². The van der Waals surface area contributed by atoms with E-state index in [1.165, 1.54) is 0 Å². The Kier molecular flexibility index (Phi) is 5.68. The Morgan fingerprint density at radius 3 is 2.33 bits per heavy atom. The second-order valence-electron chi connectivity index (χ2n) is 8.88. The number of halogens is 2. The predicted molar refractivity (Wildman–Crippen MR) is 126 cm³/mol. The first-order valence-corrected chi connectivity index (χ1v) is 12.8. The summed E-state index contributed by atoms with van der Waals surface area (Å²) in [5, 5.41) is 0.534. The van der Waals surface area contributed by atoms with Crippen molar-refractivity contribution in [2.24, 2.45) is 0 Å². The summed E-state index contributed by atoms with van der Waals surface area (Å²) in [6.07, 6.45) is 2.95. The zero-order valence-corrected chi connectivity index (χ0v) is 19.0. The average molecular weight is 476 g/mol. The van der Waals surface area contributed by atoms with Crippen LogP contribution >= 0.6 is 0 Å². The number of nitrogens with zero attached hydrogens (tertiary/aromatic N) is 1. The molecule has 0 spiro atoms. The molecule has 6 nitrogen and oxygen atoms in total. The van der Waals surface area contributed by atoms with Crippen molar-refractivity contribution in [2.45, 2.75) is 56.2 Å². The number of nitrogens with one attached hydrogen (secondary N) is 1. The lowest BCUT2D eigenvalue weighted by Crippen LogP contribution is -2.33. The lowest BCUT2D eigenvalue weighted by atomic mass is 9.92. The van der Waals surface area contributed by atoms with Crippen molar-refractivity contribution in [3.63, 3.8) is 0 Å². The highest BCUT2D eigenvalue weighted by molar-refractivity contribution is 7.93. The molecule has 1 aromatic heterocycles. The molecule has 2 aliphatic rings. The molecule has 2 aromatic carbocycles. The highest BCUT2D eigenvalue weighted by Gasteiger charge is 2.31. The van der Waals surface area contributed by atoms with Crippen LogP contribution < -0.4 is 15.2 Å². The minimum absolute atomic E-state index is 0.266. The molecule has 0 atom stereocenters. The molecule has 0 bridgehead atoms. The molecule has 2 saturated carbocycles. The molecule has 33 heavy (non-hydrogen) atoms. The molecule has 3 N–H and O–H groups in total. The molecule has 3 aromatic rings. The van der Waals surface area contributed by atoms with Gasteiger partial charge in [0.25, 0.3) is 6.43 Å². The Bertz CT molecular complexity index is 1260. The normalized spacial score (nSPS) is 17.2. The Morgan fingerprint density at radius 1 is 1.06 bits per heavy atom. The smallest absolute Gasteiger partial charge is 0.272 e. The van der Waals surface area contributed by atoms with E-state index in [4.69, 9.17) is 10.5 Å². The summed E-state index contributed by atoms with van der Waals surface area (Å²) in [6, 6.07) is 12.8. The maximum Gasteiger partial charge on any atom is 0.272 e.